The molecular formula is C12H18O3. The molecule has 0 aromatic rings. The molecule has 0 aliphatic heterocycles. The summed E-state index contributed by atoms with van der Waals surface area (Å²) in [6, 6.07) is 0. The summed E-state index contributed by atoms with van der Waals surface area (Å²) in [5.41, 5.74) is -0.0368. The highest BCUT2D eigenvalue weighted by Crippen LogP contribution is 2.59. The van der Waals surface area contributed by atoms with E-state index in [1.54, 1.807) is 0 Å². The fourth-order valence-electron chi connectivity index (χ4n) is 2.38. The zero-order valence-electron chi connectivity index (χ0n) is 9.74. The molecule has 0 bridgehead atoms. The Bertz CT molecular complexity index is 290. The van der Waals surface area contributed by atoms with Crippen LogP contribution in [-0.4, -0.2) is 17.9 Å². The van der Waals surface area contributed by atoms with Crippen LogP contribution >= 0.6 is 0 Å². The third-order valence-corrected chi connectivity index (χ3v) is 3.76. The van der Waals surface area contributed by atoms with Gasteiger partial charge in [-0.15, -0.1) is 0 Å². The summed E-state index contributed by atoms with van der Waals surface area (Å²) in [5.74, 6) is -0.490. The van der Waals surface area contributed by atoms with Gasteiger partial charge in [0.1, 0.15) is 17.9 Å². The van der Waals surface area contributed by atoms with Crippen LogP contribution in [0.3, 0.4) is 0 Å². The molecule has 3 nitrogen and oxygen atoms in total. The average Bonchev–Trinajstić information content (AvgIpc) is 2.61. The normalized spacial score (nSPS) is 27.5. The van der Waals surface area contributed by atoms with Crippen LogP contribution in [0.25, 0.3) is 0 Å². The van der Waals surface area contributed by atoms with Crippen molar-refractivity contribution in [2.24, 2.45) is 23.2 Å². The molecule has 3 heteroatoms. The van der Waals surface area contributed by atoms with E-state index in [9.17, 15) is 14.4 Å². The minimum absolute atomic E-state index is 0.0127. The van der Waals surface area contributed by atoms with Crippen LogP contribution in [0.5, 0.6) is 0 Å². The summed E-state index contributed by atoms with van der Waals surface area (Å²) in [7, 11) is 0. The van der Waals surface area contributed by atoms with E-state index >= 15 is 0 Å². The van der Waals surface area contributed by atoms with E-state index in [1.807, 2.05) is 13.8 Å². The van der Waals surface area contributed by atoms with Gasteiger partial charge in [0, 0.05) is 5.92 Å². The Morgan fingerprint density at radius 3 is 2.00 bits per heavy atom. The maximum atomic E-state index is 11.2. The van der Waals surface area contributed by atoms with Crippen molar-refractivity contribution in [3.05, 3.63) is 0 Å². The molecule has 0 heterocycles. The van der Waals surface area contributed by atoms with Crippen LogP contribution in [0.1, 0.15) is 34.1 Å². The van der Waals surface area contributed by atoms with E-state index in [4.69, 9.17) is 0 Å². The molecule has 1 aliphatic rings. The second kappa shape index (κ2) is 3.87. The molecule has 1 rings (SSSR count). The quantitative estimate of drug-likeness (QED) is 0.512. The lowest BCUT2D eigenvalue weighted by Gasteiger charge is -2.10. The van der Waals surface area contributed by atoms with Crippen LogP contribution in [0.2, 0.25) is 0 Å². The zero-order chi connectivity index (χ0) is 11.8. The predicted octanol–water partition coefficient (Wildman–Crippen LogP) is 1.64. The molecule has 1 aliphatic carbocycles. The number of ketones is 2. The SMILES string of the molecule is CC(=O)C(C[C@@H]1[C@H](C=O)C1(C)C)C(C)=O. The van der Waals surface area contributed by atoms with E-state index in [1.165, 1.54) is 13.8 Å². The van der Waals surface area contributed by atoms with E-state index in [0.29, 0.717) is 6.42 Å². The monoisotopic (exact) mass is 210 g/mol. The Morgan fingerprint density at radius 1 is 1.27 bits per heavy atom. The Morgan fingerprint density at radius 2 is 1.73 bits per heavy atom. The van der Waals surface area contributed by atoms with Crippen molar-refractivity contribution in [2.45, 2.75) is 34.1 Å². The first-order valence-corrected chi connectivity index (χ1v) is 5.28. The van der Waals surface area contributed by atoms with Gasteiger partial charge < -0.3 is 4.79 Å². The number of rotatable bonds is 5. The highest BCUT2D eigenvalue weighted by atomic mass is 16.1. The molecule has 0 radical (unpaired) electrons. The molecule has 1 fully saturated rings. The molecule has 84 valence electrons. The number of hydrogen-bond donors (Lipinski definition) is 0. The minimum Gasteiger partial charge on any atom is -0.303 e. The van der Waals surface area contributed by atoms with E-state index < -0.39 is 5.92 Å². The largest absolute Gasteiger partial charge is 0.303 e. The average molecular weight is 210 g/mol. The van der Waals surface area contributed by atoms with Gasteiger partial charge in [0.25, 0.3) is 0 Å². The molecular weight excluding hydrogens is 192 g/mol. The lowest BCUT2D eigenvalue weighted by Crippen LogP contribution is -2.20. The molecule has 0 aromatic heterocycles. The number of hydrogen-bond acceptors (Lipinski definition) is 3. The standard InChI is InChI=1S/C12H18O3/c1-7(14)9(8(2)15)5-10-11(6-13)12(10,3)4/h6,9-11H,5H2,1-4H3/t10-,11+/m1/s1. The minimum atomic E-state index is -0.515. The van der Waals surface area contributed by atoms with E-state index in [2.05, 4.69) is 0 Å². The molecule has 0 unspecified atom stereocenters. The molecule has 0 spiro atoms. The van der Waals surface area contributed by atoms with Crippen LogP contribution in [0.4, 0.5) is 0 Å². The van der Waals surface area contributed by atoms with Crippen molar-refractivity contribution < 1.29 is 14.4 Å². The Balaban J connectivity index is 2.66. The van der Waals surface area contributed by atoms with Gasteiger partial charge in [0.15, 0.2) is 0 Å². The number of Topliss-reactive ketones (excluding diaryl/α,β-unsaturated/α-hetero) is 2. The highest BCUT2D eigenvalue weighted by Gasteiger charge is 2.58. The Kier molecular flexibility index (Phi) is 3.12. The second-order valence-electron chi connectivity index (χ2n) is 5.10. The smallest absolute Gasteiger partial charge is 0.140 e. The summed E-state index contributed by atoms with van der Waals surface area (Å²) >= 11 is 0. The van der Waals surface area contributed by atoms with Gasteiger partial charge in [0.2, 0.25) is 0 Å². The Hall–Kier alpha value is -0.990. The fraction of sp³-hybridized carbons (Fsp3) is 0.750. The molecule has 15 heavy (non-hydrogen) atoms. The van der Waals surface area contributed by atoms with Crippen molar-refractivity contribution in [1.29, 1.82) is 0 Å². The van der Waals surface area contributed by atoms with Crippen molar-refractivity contribution in [2.75, 3.05) is 0 Å². The molecule has 0 amide bonds. The molecule has 2 atom stereocenters. The van der Waals surface area contributed by atoms with Crippen LogP contribution in [0, 0.1) is 23.2 Å². The maximum absolute atomic E-state index is 11.2. The topological polar surface area (TPSA) is 51.2 Å². The molecule has 1 saturated carbocycles. The van der Waals surface area contributed by atoms with Crippen LogP contribution < -0.4 is 0 Å². The Labute approximate surface area is 90.2 Å². The molecule has 0 aromatic carbocycles. The first kappa shape index (κ1) is 12.1. The van der Waals surface area contributed by atoms with Crippen molar-refractivity contribution >= 4 is 17.9 Å². The highest BCUT2D eigenvalue weighted by molar-refractivity contribution is 6.00. The van der Waals surface area contributed by atoms with E-state index in [-0.39, 0.29) is 28.8 Å². The van der Waals surface area contributed by atoms with Gasteiger partial charge >= 0.3 is 0 Å². The first-order chi connectivity index (χ1) is 6.82. The third-order valence-electron chi connectivity index (χ3n) is 3.76. The summed E-state index contributed by atoms with van der Waals surface area (Å²) in [5, 5.41) is 0. The predicted molar refractivity (Wildman–Crippen MR) is 56.3 cm³/mol. The number of carbonyl (C=O) groups excluding carboxylic acids is 3. The summed E-state index contributed by atoms with van der Waals surface area (Å²) in [6.07, 6.45) is 1.48. The lowest BCUT2D eigenvalue weighted by atomic mass is 9.92. The van der Waals surface area contributed by atoms with Gasteiger partial charge in [-0.2, -0.15) is 0 Å². The zero-order valence-corrected chi connectivity index (χ0v) is 9.74. The molecule has 0 saturated heterocycles. The van der Waals surface area contributed by atoms with Crippen molar-refractivity contribution in [3.63, 3.8) is 0 Å². The van der Waals surface area contributed by atoms with Crippen molar-refractivity contribution in [1.82, 2.24) is 0 Å². The van der Waals surface area contributed by atoms with Crippen LogP contribution in [0.15, 0.2) is 0 Å². The van der Waals surface area contributed by atoms with Gasteiger partial charge in [-0.1, -0.05) is 13.8 Å². The second-order valence-corrected chi connectivity index (χ2v) is 5.10. The summed E-state index contributed by atoms with van der Waals surface area (Å²) in [6.45, 7) is 6.90. The maximum Gasteiger partial charge on any atom is 0.140 e. The number of aldehydes is 1. The fourth-order valence-corrected chi connectivity index (χ4v) is 2.38. The van der Waals surface area contributed by atoms with Crippen molar-refractivity contribution in [3.8, 4) is 0 Å². The van der Waals surface area contributed by atoms with Crippen LogP contribution in [-0.2, 0) is 14.4 Å². The third kappa shape index (κ3) is 2.16. The van der Waals surface area contributed by atoms with Gasteiger partial charge in [-0.25, -0.2) is 0 Å². The van der Waals surface area contributed by atoms with E-state index in [0.717, 1.165) is 6.29 Å². The first-order valence-electron chi connectivity index (χ1n) is 5.28. The van der Waals surface area contributed by atoms with Gasteiger partial charge in [0.05, 0.1) is 5.92 Å². The van der Waals surface area contributed by atoms with Gasteiger partial charge in [-0.3, -0.25) is 9.59 Å². The lowest BCUT2D eigenvalue weighted by molar-refractivity contribution is -0.131. The molecule has 0 N–H and O–H groups in total. The summed E-state index contributed by atoms with van der Waals surface area (Å²) in [4.78, 5) is 33.2. The number of carbonyl (C=O) groups is 3. The van der Waals surface area contributed by atoms with Gasteiger partial charge in [-0.05, 0) is 31.6 Å². The summed E-state index contributed by atoms with van der Waals surface area (Å²) < 4.78 is 0.